The standard InChI is InChI=1S/C20H34FN5.HI/c1-5-22-20(23-14-17-6-8-18(21)9-7-17)24-15-19(16(2)3)26-12-10-25(4)11-13-26;/h6-9,16,19H,5,10-15H2,1-4H3,(H2,22,23,24);1H. The Kier molecular flexibility index (Phi) is 11.2. The lowest BCUT2D eigenvalue weighted by molar-refractivity contribution is 0.0900. The molecule has 2 rings (SSSR count). The molecule has 1 unspecified atom stereocenters. The van der Waals surface area contributed by atoms with Gasteiger partial charge in [-0.2, -0.15) is 0 Å². The summed E-state index contributed by atoms with van der Waals surface area (Å²) in [4.78, 5) is 9.62. The van der Waals surface area contributed by atoms with Gasteiger partial charge in [-0.15, -0.1) is 24.0 Å². The first kappa shape index (κ1) is 24.1. The predicted octanol–water partition coefficient (Wildman–Crippen LogP) is 2.77. The fraction of sp³-hybridized carbons (Fsp3) is 0.650. The fourth-order valence-corrected chi connectivity index (χ4v) is 3.24. The highest BCUT2D eigenvalue weighted by Gasteiger charge is 2.24. The molecule has 7 heteroatoms. The first-order chi connectivity index (χ1) is 12.5. The Hall–Kier alpha value is -0.930. The van der Waals surface area contributed by atoms with Gasteiger partial charge in [0.25, 0.3) is 0 Å². The van der Waals surface area contributed by atoms with Crippen LogP contribution in [0.4, 0.5) is 4.39 Å². The summed E-state index contributed by atoms with van der Waals surface area (Å²) in [7, 11) is 2.19. The monoisotopic (exact) mass is 491 g/mol. The number of benzene rings is 1. The van der Waals surface area contributed by atoms with Crippen molar-refractivity contribution in [3.8, 4) is 0 Å². The summed E-state index contributed by atoms with van der Waals surface area (Å²) < 4.78 is 13.0. The number of hydrogen-bond acceptors (Lipinski definition) is 3. The van der Waals surface area contributed by atoms with Crippen molar-refractivity contribution in [1.82, 2.24) is 20.4 Å². The van der Waals surface area contributed by atoms with Crippen molar-refractivity contribution in [2.45, 2.75) is 33.4 Å². The lowest BCUT2D eigenvalue weighted by Gasteiger charge is -2.40. The molecule has 1 aliphatic rings. The smallest absolute Gasteiger partial charge is 0.191 e. The Labute approximate surface area is 180 Å². The molecular weight excluding hydrogens is 456 g/mol. The lowest BCUT2D eigenvalue weighted by atomic mass is 10.0. The Morgan fingerprint density at radius 3 is 2.30 bits per heavy atom. The van der Waals surface area contributed by atoms with Crippen LogP contribution in [0.5, 0.6) is 0 Å². The summed E-state index contributed by atoms with van der Waals surface area (Å²) >= 11 is 0. The maximum atomic E-state index is 13.0. The Bertz CT molecular complexity index is 556. The van der Waals surface area contributed by atoms with Crippen LogP contribution < -0.4 is 10.6 Å². The van der Waals surface area contributed by atoms with Gasteiger partial charge in [-0.1, -0.05) is 26.0 Å². The van der Waals surface area contributed by atoms with E-state index in [0.29, 0.717) is 18.5 Å². The number of hydrogen-bond donors (Lipinski definition) is 2. The highest BCUT2D eigenvalue weighted by Crippen LogP contribution is 2.13. The number of nitrogens with one attached hydrogen (secondary N) is 2. The van der Waals surface area contributed by atoms with Crippen molar-refractivity contribution >= 4 is 29.9 Å². The summed E-state index contributed by atoms with van der Waals surface area (Å²) in [6.45, 7) is 13.3. The largest absolute Gasteiger partial charge is 0.357 e. The van der Waals surface area contributed by atoms with Gasteiger partial charge in [0.05, 0.1) is 6.54 Å². The molecule has 5 nitrogen and oxygen atoms in total. The Morgan fingerprint density at radius 1 is 1.11 bits per heavy atom. The van der Waals surface area contributed by atoms with Crippen LogP contribution in [0.25, 0.3) is 0 Å². The summed E-state index contributed by atoms with van der Waals surface area (Å²) in [5.41, 5.74) is 1.00. The van der Waals surface area contributed by atoms with Crippen LogP contribution in [0.1, 0.15) is 26.3 Å². The molecule has 0 aromatic heterocycles. The zero-order valence-corrected chi connectivity index (χ0v) is 19.4. The van der Waals surface area contributed by atoms with Crippen molar-refractivity contribution in [2.24, 2.45) is 10.9 Å². The summed E-state index contributed by atoms with van der Waals surface area (Å²) in [5.74, 6) is 1.18. The molecule has 1 aliphatic heterocycles. The molecule has 154 valence electrons. The van der Waals surface area contributed by atoms with Gasteiger partial charge in [-0.3, -0.25) is 4.90 Å². The van der Waals surface area contributed by atoms with Crippen LogP contribution >= 0.6 is 24.0 Å². The molecular formula is C20H35FIN5. The predicted molar refractivity (Wildman–Crippen MR) is 122 cm³/mol. The van der Waals surface area contributed by atoms with Gasteiger partial charge in [-0.25, -0.2) is 9.38 Å². The van der Waals surface area contributed by atoms with E-state index in [4.69, 9.17) is 0 Å². The third kappa shape index (κ3) is 8.31. The molecule has 1 aromatic rings. The third-order valence-corrected chi connectivity index (χ3v) is 4.93. The second kappa shape index (κ2) is 12.5. The molecule has 0 spiro atoms. The first-order valence-electron chi connectivity index (χ1n) is 9.68. The highest BCUT2D eigenvalue weighted by molar-refractivity contribution is 14.0. The van der Waals surface area contributed by atoms with Crippen LogP contribution in [-0.4, -0.2) is 68.1 Å². The van der Waals surface area contributed by atoms with Crippen molar-refractivity contribution < 1.29 is 4.39 Å². The molecule has 2 N–H and O–H groups in total. The maximum absolute atomic E-state index is 13.0. The van der Waals surface area contributed by atoms with Gasteiger partial charge in [0.2, 0.25) is 0 Å². The maximum Gasteiger partial charge on any atom is 0.191 e. The number of piperazine rings is 1. The minimum Gasteiger partial charge on any atom is -0.357 e. The van der Waals surface area contributed by atoms with Crippen molar-refractivity contribution in [1.29, 1.82) is 0 Å². The highest BCUT2D eigenvalue weighted by atomic mass is 127. The normalized spacial score (nSPS) is 17.5. The van der Waals surface area contributed by atoms with Crippen molar-refractivity contribution in [3.63, 3.8) is 0 Å². The number of aliphatic imine (C=N–C) groups is 1. The second-order valence-electron chi connectivity index (χ2n) is 7.35. The van der Waals surface area contributed by atoms with Crippen LogP contribution in [0.15, 0.2) is 29.3 Å². The average Bonchev–Trinajstić information content (AvgIpc) is 2.62. The molecule has 0 aliphatic carbocycles. The SMILES string of the molecule is CCNC(=NCc1ccc(F)cc1)NCC(C(C)C)N1CCN(C)CC1.I. The minimum atomic E-state index is -0.213. The quantitative estimate of drug-likeness (QED) is 0.350. The van der Waals surface area contributed by atoms with Gasteiger partial charge >= 0.3 is 0 Å². The number of likely N-dealkylation sites (N-methyl/N-ethyl adjacent to an activating group) is 1. The van der Waals surface area contributed by atoms with Crippen LogP contribution in [0, 0.1) is 11.7 Å². The van der Waals surface area contributed by atoms with Crippen molar-refractivity contribution in [2.75, 3.05) is 46.3 Å². The number of nitrogens with zero attached hydrogens (tertiary/aromatic N) is 3. The Balaban J connectivity index is 0.00000364. The van der Waals surface area contributed by atoms with E-state index < -0.39 is 0 Å². The van der Waals surface area contributed by atoms with Crippen molar-refractivity contribution in [3.05, 3.63) is 35.6 Å². The van der Waals surface area contributed by atoms with E-state index in [1.54, 1.807) is 12.1 Å². The van der Waals surface area contributed by atoms with E-state index in [1.165, 1.54) is 12.1 Å². The van der Waals surface area contributed by atoms with E-state index in [-0.39, 0.29) is 29.8 Å². The van der Waals surface area contributed by atoms with Crippen LogP contribution in [0.3, 0.4) is 0 Å². The zero-order valence-electron chi connectivity index (χ0n) is 17.0. The summed E-state index contributed by atoms with van der Waals surface area (Å²) in [6.07, 6.45) is 0. The molecule has 0 saturated carbocycles. The van der Waals surface area contributed by atoms with E-state index >= 15 is 0 Å². The molecule has 0 radical (unpaired) electrons. The first-order valence-corrected chi connectivity index (χ1v) is 9.68. The molecule has 1 fully saturated rings. The third-order valence-electron chi connectivity index (χ3n) is 4.93. The van der Waals surface area contributed by atoms with E-state index in [1.807, 2.05) is 0 Å². The van der Waals surface area contributed by atoms with E-state index in [0.717, 1.165) is 50.8 Å². The molecule has 1 heterocycles. The molecule has 1 atom stereocenters. The summed E-state index contributed by atoms with van der Waals surface area (Å²) in [6, 6.07) is 7.01. The fourth-order valence-electron chi connectivity index (χ4n) is 3.24. The van der Waals surface area contributed by atoms with E-state index in [9.17, 15) is 4.39 Å². The van der Waals surface area contributed by atoms with Gasteiger partial charge in [0.1, 0.15) is 5.82 Å². The van der Waals surface area contributed by atoms with Gasteiger partial charge in [-0.05, 0) is 37.6 Å². The molecule has 27 heavy (non-hydrogen) atoms. The summed E-state index contributed by atoms with van der Waals surface area (Å²) in [5, 5.41) is 6.81. The van der Waals surface area contributed by atoms with Gasteiger partial charge < -0.3 is 15.5 Å². The number of halogens is 2. The van der Waals surface area contributed by atoms with E-state index in [2.05, 4.69) is 53.2 Å². The number of guanidine groups is 1. The van der Waals surface area contributed by atoms with Gasteiger partial charge in [0.15, 0.2) is 5.96 Å². The zero-order chi connectivity index (χ0) is 18.9. The van der Waals surface area contributed by atoms with Crippen LogP contribution in [-0.2, 0) is 6.54 Å². The van der Waals surface area contributed by atoms with Crippen LogP contribution in [0.2, 0.25) is 0 Å². The molecule has 0 bridgehead atoms. The number of rotatable bonds is 7. The second-order valence-corrected chi connectivity index (χ2v) is 7.35. The lowest BCUT2D eigenvalue weighted by Crippen LogP contribution is -2.55. The average molecular weight is 491 g/mol. The topological polar surface area (TPSA) is 42.9 Å². The van der Waals surface area contributed by atoms with Gasteiger partial charge in [0, 0.05) is 45.3 Å². The molecule has 1 aromatic carbocycles. The molecule has 0 amide bonds. The molecule has 1 saturated heterocycles. The Morgan fingerprint density at radius 2 is 1.74 bits per heavy atom. The minimum absolute atomic E-state index is 0.